The molecule has 92 valence electrons. The summed E-state index contributed by atoms with van der Waals surface area (Å²) in [6.07, 6.45) is 4.75. The highest BCUT2D eigenvalue weighted by Gasteiger charge is 2.27. The molecule has 0 aromatic carbocycles. The van der Waals surface area contributed by atoms with Crippen LogP contribution >= 0.6 is 0 Å². The summed E-state index contributed by atoms with van der Waals surface area (Å²) in [5, 5.41) is 9.58. The minimum atomic E-state index is -0.121. The fraction of sp³-hybridized carbons (Fsp3) is 0.500. The number of pyridine rings is 1. The van der Waals surface area contributed by atoms with Crippen LogP contribution in [0.4, 0.5) is 0 Å². The van der Waals surface area contributed by atoms with Crippen LogP contribution in [0.5, 0.6) is 5.75 Å². The van der Waals surface area contributed by atoms with Gasteiger partial charge in [-0.2, -0.15) is 0 Å². The topological polar surface area (TPSA) is 79.5 Å². The normalized spacial score (nSPS) is 19.6. The van der Waals surface area contributed by atoms with E-state index in [0.29, 0.717) is 18.0 Å². The van der Waals surface area contributed by atoms with E-state index in [0.717, 1.165) is 25.9 Å². The summed E-state index contributed by atoms with van der Waals surface area (Å²) in [4.78, 5) is 17.7. The summed E-state index contributed by atoms with van der Waals surface area (Å²) in [7, 11) is 0. The summed E-state index contributed by atoms with van der Waals surface area (Å²) >= 11 is 0. The van der Waals surface area contributed by atoms with Gasteiger partial charge < -0.3 is 15.7 Å². The van der Waals surface area contributed by atoms with Gasteiger partial charge in [0, 0.05) is 19.3 Å². The smallest absolute Gasteiger partial charge is 0.257 e. The first-order chi connectivity index (χ1) is 8.22. The van der Waals surface area contributed by atoms with Crippen LogP contribution in [0, 0.1) is 5.92 Å². The molecule has 17 heavy (non-hydrogen) atoms. The van der Waals surface area contributed by atoms with Crippen LogP contribution in [0.3, 0.4) is 0 Å². The Morgan fingerprint density at radius 2 is 2.47 bits per heavy atom. The summed E-state index contributed by atoms with van der Waals surface area (Å²) in [6, 6.07) is 1.55. The molecule has 5 heteroatoms. The van der Waals surface area contributed by atoms with Gasteiger partial charge in [-0.3, -0.25) is 9.78 Å². The van der Waals surface area contributed by atoms with Gasteiger partial charge in [-0.15, -0.1) is 0 Å². The number of hydrogen-bond donors (Lipinski definition) is 2. The van der Waals surface area contributed by atoms with Crippen molar-refractivity contribution in [2.24, 2.45) is 11.7 Å². The van der Waals surface area contributed by atoms with E-state index in [4.69, 9.17) is 5.73 Å². The molecule has 0 radical (unpaired) electrons. The van der Waals surface area contributed by atoms with E-state index in [-0.39, 0.29) is 11.7 Å². The molecule has 0 saturated carbocycles. The molecule has 1 fully saturated rings. The number of nitrogens with two attached hydrogens (primary N) is 1. The summed E-state index contributed by atoms with van der Waals surface area (Å²) in [5.41, 5.74) is 5.84. The molecule has 1 atom stereocenters. The van der Waals surface area contributed by atoms with Gasteiger partial charge in [0.2, 0.25) is 0 Å². The quantitative estimate of drug-likeness (QED) is 0.804. The lowest BCUT2D eigenvalue weighted by atomic mass is 10.1. The van der Waals surface area contributed by atoms with Crippen LogP contribution in [0.25, 0.3) is 0 Å². The second-order valence-electron chi connectivity index (χ2n) is 4.38. The van der Waals surface area contributed by atoms with Crippen LogP contribution in [-0.2, 0) is 0 Å². The number of amides is 1. The van der Waals surface area contributed by atoms with E-state index in [1.54, 1.807) is 11.0 Å². The number of rotatable bonds is 3. The van der Waals surface area contributed by atoms with Crippen molar-refractivity contribution in [1.29, 1.82) is 0 Å². The Labute approximate surface area is 100 Å². The molecule has 1 saturated heterocycles. The van der Waals surface area contributed by atoms with Crippen molar-refractivity contribution in [2.75, 3.05) is 19.6 Å². The Kier molecular flexibility index (Phi) is 3.58. The molecule has 0 spiro atoms. The highest BCUT2D eigenvalue weighted by Crippen LogP contribution is 2.23. The first kappa shape index (κ1) is 11.9. The molecule has 1 amide bonds. The lowest BCUT2D eigenvalue weighted by molar-refractivity contribution is 0.0783. The average Bonchev–Trinajstić information content (AvgIpc) is 2.78. The van der Waals surface area contributed by atoms with Crippen molar-refractivity contribution >= 4 is 5.91 Å². The number of carbonyl (C=O) groups is 1. The number of carbonyl (C=O) groups excluding carboxylic acids is 1. The zero-order valence-electron chi connectivity index (χ0n) is 9.67. The monoisotopic (exact) mass is 235 g/mol. The molecule has 1 aromatic heterocycles. The van der Waals surface area contributed by atoms with Gasteiger partial charge in [0.25, 0.3) is 5.91 Å². The molecular formula is C12H17N3O2. The van der Waals surface area contributed by atoms with Gasteiger partial charge in [0.05, 0.1) is 11.8 Å². The maximum atomic E-state index is 12.1. The summed E-state index contributed by atoms with van der Waals surface area (Å²) < 4.78 is 0. The van der Waals surface area contributed by atoms with Crippen molar-refractivity contribution < 1.29 is 9.90 Å². The molecular weight excluding hydrogens is 218 g/mol. The van der Waals surface area contributed by atoms with Crippen LogP contribution in [0.2, 0.25) is 0 Å². The minimum absolute atomic E-state index is 0.0558. The molecule has 1 aromatic rings. The molecule has 3 N–H and O–H groups in total. The maximum Gasteiger partial charge on any atom is 0.257 e. The first-order valence-corrected chi connectivity index (χ1v) is 5.84. The summed E-state index contributed by atoms with van der Waals surface area (Å²) in [5.74, 6) is 0.317. The lowest BCUT2D eigenvalue weighted by Crippen LogP contribution is -2.29. The van der Waals surface area contributed by atoms with Gasteiger partial charge in [-0.25, -0.2) is 0 Å². The molecule has 1 aliphatic rings. The van der Waals surface area contributed by atoms with E-state index >= 15 is 0 Å². The summed E-state index contributed by atoms with van der Waals surface area (Å²) in [6.45, 7) is 2.14. The third kappa shape index (κ3) is 2.55. The predicted molar refractivity (Wildman–Crippen MR) is 63.6 cm³/mol. The average molecular weight is 235 g/mol. The van der Waals surface area contributed by atoms with Crippen molar-refractivity contribution in [3.63, 3.8) is 0 Å². The number of likely N-dealkylation sites (tertiary alicyclic amines) is 1. The molecule has 1 aliphatic heterocycles. The fourth-order valence-corrected chi connectivity index (χ4v) is 2.23. The lowest BCUT2D eigenvalue weighted by Gasteiger charge is -2.16. The Bertz CT molecular complexity index is 408. The molecule has 2 heterocycles. The molecule has 2 rings (SSSR count). The number of aromatic hydroxyl groups is 1. The van der Waals surface area contributed by atoms with E-state index in [9.17, 15) is 9.90 Å². The molecule has 0 aliphatic carbocycles. The second-order valence-corrected chi connectivity index (χ2v) is 4.38. The highest BCUT2D eigenvalue weighted by atomic mass is 16.3. The number of hydrogen-bond acceptors (Lipinski definition) is 4. The third-order valence-corrected chi connectivity index (χ3v) is 3.18. The van der Waals surface area contributed by atoms with Crippen LogP contribution in [-0.4, -0.2) is 40.5 Å². The zero-order chi connectivity index (χ0) is 12.3. The van der Waals surface area contributed by atoms with E-state index in [2.05, 4.69) is 4.98 Å². The minimum Gasteiger partial charge on any atom is -0.505 e. The standard InChI is InChI=1S/C12H17N3O2/c13-4-1-9-3-6-15(8-9)12(17)10-2-5-14-7-11(10)16/h2,5,7,9,16H,1,3-4,6,8,13H2. The third-order valence-electron chi connectivity index (χ3n) is 3.18. The Balaban J connectivity index is 2.05. The van der Waals surface area contributed by atoms with E-state index < -0.39 is 0 Å². The Morgan fingerprint density at radius 3 is 3.18 bits per heavy atom. The Hall–Kier alpha value is -1.62. The number of aromatic nitrogens is 1. The van der Waals surface area contributed by atoms with Crippen molar-refractivity contribution in [3.8, 4) is 5.75 Å². The van der Waals surface area contributed by atoms with Crippen molar-refractivity contribution in [3.05, 3.63) is 24.0 Å². The largest absolute Gasteiger partial charge is 0.505 e. The van der Waals surface area contributed by atoms with Crippen molar-refractivity contribution in [2.45, 2.75) is 12.8 Å². The predicted octanol–water partition coefficient (Wildman–Crippen LogP) is 0.598. The van der Waals surface area contributed by atoms with Gasteiger partial charge in [-0.05, 0) is 31.4 Å². The van der Waals surface area contributed by atoms with Crippen LogP contribution in [0.1, 0.15) is 23.2 Å². The van der Waals surface area contributed by atoms with Crippen LogP contribution < -0.4 is 5.73 Å². The van der Waals surface area contributed by atoms with E-state index in [1.807, 2.05) is 0 Å². The van der Waals surface area contributed by atoms with Crippen LogP contribution in [0.15, 0.2) is 18.5 Å². The molecule has 0 bridgehead atoms. The zero-order valence-corrected chi connectivity index (χ0v) is 9.67. The molecule has 5 nitrogen and oxygen atoms in total. The van der Waals surface area contributed by atoms with Gasteiger partial charge in [0.1, 0.15) is 5.75 Å². The first-order valence-electron chi connectivity index (χ1n) is 5.84. The number of nitrogens with zero attached hydrogens (tertiary/aromatic N) is 2. The molecule has 1 unspecified atom stereocenters. The highest BCUT2D eigenvalue weighted by molar-refractivity contribution is 5.96. The maximum absolute atomic E-state index is 12.1. The van der Waals surface area contributed by atoms with Crippen molar-refractivity contribution in [1.82, 2.24) is 9.88 Å². The van der Waals surface area contributed by atoms with Gasteiger partial charge in [-0.1, -0.05) is 0 Å². The SMILES string of the molecule is NCCC1CCN(C(=O)c2ccncc2O)C1. The van der Waals surface area contributed by atoms with Gasteiger partial charge in [0.15, 0.2) is 0 Å². The fourth-order valence-electron chi connectivity index (χ4n) is 2.23. The van der Waals surface area contributed by atoms with E-state index in [1.165, 1.54) is 12.4 Å². The Morgan fingerprint density at radius 1 is 1.65 bits per heavy atom. The van der Waals surface area contributed by atoms with Gasteiger partial charge >= 0.3 is 0 Å². The second kappa shape index (κ2) is 5.14.